The van der Waals surface area contributed by atoms with Crippen molar-refractivity contribution in [1.82, 2.24) is 15.8 Å². The molecule has 2 saturated heterocycles. The monoisotopic (exact) mass is 712 g/mol. The molecule has 49 heavy (non-hydrogen) atoms. The number of pyridine rings is 1. The van der Waals surface area contributed by atoms with Gasteiger partial charge in [0.2, 0.25) is 11.8 Å². The van der Waals surface area contributed by atoms with Gasteiger partial charge in [0.25, 0.3) is 0 Å². The maximum atomic E-state index is 13.7. The lowest BCUT2D eigenvalue weighted by Gasteiger charge is -2.35. The quantitative estimate of drug-likeness (QED) is 0.214. The first-order valence-electron chi connectivity index (χ1n) is 16.5. The molecule has 0 saturated carbocycles. The lowest BCUT2D eigenvalue weighted by atomic mass is 9.94. The fraction of sp³-hybridized carbons (Fsp3) is 0.486. The van der Waals surface area contributed by atoms with Gasteiger partial charge in [0.05, 0.1) is 12.2 Å². The van der Waals surface area contributed by atoms with E-state index in [0.29, 0.717) is 42.9 Å². The van der Waals surface area contributed by atoms with Gasteiger partial charge in [0, 0.05) is 47.3 Å². The molecule has 3 atom stereocenters. The Morgan fingerprint density at radius 1 is 1.08 bits per heavy atom. The molecule has 2 aliphatic heterocycles. The number of aromatic nitrogens is 1. The van der Waals surface area contributed by atoms with Crippen molar-refractivity contribution in [3.05, 3.63) is 71.4 Å². The highest BCUT2D eigenvalue weighted by Gasteiger charge is 2.49. The number of hydrogen-bond acceptors (Lipinski definition) is 10. The first kappa shape index (κ1) is 36.4. The van der Waals surface area contributed by atoms with Crippen molar-refractivity contribution in [2.45, 2.75) is 94.8 Å². The van der Waals surface area contributed by atoms with Gasteiger partial charge in [-0.1, -0.05) is 24.6 Å². The summed E-state index contributed by atoms with van der Waals surface area (Å²) < 4.78 is 36.9. The Morgan fingerprint density at radius 2 is 1.92 bits per heavy atom. The number of alkyl carbamates (subject to hydrolysis) is 1. The van der Waals surface area contributed by atoms with Crippen LogP contribution in [0, 0.1) is 0 Å². The van der Waals surface area contributed by atoms with Crippen LogP contribution < -0.4 is 16.1 Å². The molecule has 3 amide bonds. The first-order chi connectivity index (χ1) is 23.3. The molecular formula is C35H44N4O8S2. The van der Waals surface area contributed by atoms with Crippen LogP contribution in [0.4, 0.5) is 10.5 Å². The molecule has 5 rings (SSSR count). The zero-order valence-corrected chi connectivity index (χ0v) is 29.7. The summed E-state index contributed by atoms with van der Waals surface area (Å²) in [6, 6.07) is 13.4. The van der Waals surface area contributed by atoms with Gasteiger partial charge in [-0.15, -0.1) is 11.3 Å². The van der Waals surface area contributed by atoms with Crippen molar-refractivity contribution in [3.8, 4) is 10.4 Å². The van der Waals surface area contributed by atoms with Crippen molar-refractivity contribution < 1.29 is 37.1 Å². The molecule has 3 aromatic rings. The largest absolute Gasteiger partial charge is 0.444 e. The maximum absolute atomic E-state index is 13.7. The molecule has 3 N–H and O–H groups in total. The van der Waals surface area contributed by atoms with E-state index in [1.54, 1.807) is 63.5 Å². The number of nitrogens with one attached hydrogen (secondary N) is 3. The van der Waals surface area contributed by atoms with Gasteiger partial charge in [-0.05, 0) is 87.9 Å². The standard InChI is InChI=1S/C35H44N4O8S2/c1-34(2,3)46-33(42)38-27(20-24-10-9-17-36-23-24)32(41)37-26-12-8-11-25(21-26)28-14-15-29(48-28)35(16-5-7-19-49(35,43)44)22-30(40)39-47-31-13-4-6-18-45-31/h8-12,14-15,17,21,23,27,31H,4-7,13,16,18-20,22H2,1-3H3,(H,37,41)(H,38,42)(H,39,40)/t27?,31?,35-/m0/s1. The SMILES string of the molecule is CC(C)(C)OC(=O)NC(Cc1cccnc1)C(=O)Nc1cccc(-c2ccc([C@@]3(CC(=O)NOC4CCCCO4)CCCCS3(=O)=O)s2)c1. The third-order valence-corrected chi connectivity index (χ3v) is 12.4. The Hall–Kier alpha value is -3.85. The average molecular weight is 713 g/mol. The number of sulfone groups is 1. The normalized spacial score (nSPS) is 21.2. The fourth-order valence-corrected chi connectivity index (χ4v) is 9.75. The summed E-state index contributed by atoms with van der Waals surface area (Å²) in [6.45, 7) is 5.78. The van der Waals surface area contributed by atoms with Gasteiger partial charge >= 0.3 is 6.09 Å². The topological polar surface area (TPSA) is 162 Å². The molecular weight excluding hydrogens is 669 g/mol. The highest BCUT2D eigenvalue weighted by molar-refractivity contribution is 7.92. The van der Waals surface area contributed by atoms with E-state index < -0.39 is 50.4 Å². The molecule has 0 bridgehead atoms. The summed E-state index contributed by atoms with van der Waals surface area (Å²) in [5, 5.41) is 5.58. The van der Waals surface area contributed by atoms with Crippen LogP contribution >= 0.6 is 11.3 Å². The average Bonchev–Trinajstić information content (AvgIpc) is 3.56. The van der Waals surface area contributed by atoms with Crippen LogP contribution in [-0.2, 0) is 44.9 Å². The second kappa shape index (κ2) is 15.8. The van der Waals surface area contributed by atoms with Crippen LogP contribution in [0.2, 0.25) is 0 Å². The Labute approximate surface area is 291 Å². The molecule has 0 aliphatic carbocycles. The molecule has 1 aromatic carbocycles. The number of nitrogens with zero attached hydrogens (tertiary/aromatic N) is 1. The molecule has 0 radical (unpaired) electrons. The van der Waals surface area contributed by atoms with Crippen molar-refractivity contribution in [3.63, 3.8) is 0 Å². The zero-order valence-electron chi connectivity index (χ0n) is 28.0. The number of rotatable bonds is 11. The van der Waals surface area contributed by atoms with Gasteiger partial charge in [0.15, 0.2) is 16.1 Å². The third-order valence-electron chi connectivity index (χ3n) is 8.37. The maximum Gasteiger partial charge on any atom is 0.408 e. The van der Waals surface area contributed by atoms with Gasteiger partial charge in [-0.2, -0.15) is 0 Å². The van der Waals surface area contributed by atoms with E-state index in [9.17, 15) is 22.8 Å². The number of amides is 3. The Kier molecular flexibility index (Phi) is 11.7. The Bertz CT molecular complexity index is 1720. The van der Waals surface area contributed by atoms with Crippen molar-refractivity contribution in [1.29, 1.82) is 0 Å². The van der Waals surface area contributed by atoms with Gasteiger partial charge < -0.3 is 20.1 Å². The highest BCUT2D eigenvalue weighted by atomic mass is 32.2. The number of carbonyl (C=O) groups excluding carboxylic acids is 3. The molecule has 2 aromatic heterocycles. The molecule has 0 spiro atoms. The lowest BCUT2D eigenvalue weighted by Crippen LogP contribution is -2.47. The molecule has 2 unspecified atom stereocenters. The summed E-state index contributed by atoms with van der Waals surface area (Å²) in [6.07, 6.45) is 5.98. The van der Waals surface area contributed by atoms with Crippen LogP contribution in [0.15, 0.2) is 60.9 Å². The molecule has 264 valence electrons. The van der Waals surface area contributed by atoms with Crippen LogP contribution in [0.1, 0.15) is 76.2 Å². The number of thiophene rings is 1. The number of carbonyl (C=O) groups is 3. The van der Waals surface area contributed by atoms with Crippen LogP contribution in [-0.4, -0.2) is 61.6 Å². The number of ether oxygens (including phenoxy) is 2. The van der Waals surface area contributed by atoms with E-state index in [1.807, 2.05) is 18.2 Å². The van der Waals surface area contributed by atoms with Crippen LogP contribution in [0.5, 0.6) is 0 Å². The highest BCUT2D eigenvalue weighted by Crippen LogP contribution is 2.47. The minimum Gasteiger partial charge on any atom is -0.444 e. The number of anilines is 1. The van der Waals surface area contributed by atoms with Crippen molar-refractivity contribution >= 4 is 44.8 Å². The van der Waals surface area contributed by atoms with E-state index in [4.69, 9.17) is 14.3 Å². The minimum atomic E-state index is -3.67. The first-order valence-corrected chi connectivity index (χ1v) is 19.0. The van der Waals surface area contributed by atoms with E-state index in [2.05, 4.69) is 21.1 Å². The van der Waals surface area contributed by atoms with Crippen molar-refractivity contribution in [2.75, 3.05) is 17.7 Å². The summed E-state index contributed by atoms with van der Waals surface area (Å²) >= 11 is 1.31. The van der Waals surface area contributed by atoms with Gasteiger partial charge in [-0.3, -0.25) is 14.6 Å². The van der Waals surface area contributed by atoms with E-state index >= 15 is 0 Å². The summed E-state index contributed by atoms with van der Waals surface area (Å²) in [4.78, 5) is 50.2. The molecule has 14 heteroatoms. The predicted octanol–water partition coefficient (Wildman–Crippen LogP) is 5.64. The molecule has 2 fully saturated rings. The number of hydrogen-bond donors (Lipinski definition) is 3. The van der Waals surface area contributed by atoms with Crippen LogP contribution in [0.25, 0.3) is 10.4 Å². The fourth-order valence-electron chi connectivity index (χ4n) is 5.98. The smallest absolute Gasteiger partial charge is 0.408 e. The predicted molar refractivity (Wildman–Crippen MR) is 186 cm³/mol. The Balaban J connectivity index is 1.33. The second-order valence-corrected chi connectivity index (χ2v) is 16.9. The van der Waals surface area contributed by atoms with Gasteiger partial charge in [-0.25, -0.2) is 23.5 Å². The molecule has 2 aliphatic rings. The lowest BCUT2D eigenvalue weighted by molar-refractivity contribution is -0.200. The molecule has 12 nitrogen and oxygen atoms in total. The van der Waals surface area contributed by atoms with Gasteiger partial charge in [0.1, 0.15) is 16.4 Å². The summed E-state index contributed by atoms with van der Waals surface area (Å²) in [7, 11) is -3.67. The van der Waals surface area contributed by atoms with E-state index in [0.717, 1.165) is 28.8 Å². The van der Waals surface area contributed by atoms with Crippen molar-refractivity contribution in [2.24, 2.45) is 0 Å². The summed E-state index contributed by atoms with van der Waals surface area (Å²) in [5.74, 6) is -0.961. The Morgan fingerprint density at radius 3 is 2.63 bits per heavy atom. The summed E-state index contributed by atoms with van der Waals surface area (Å²) in [5.41, 5.74) is 3.69. The third kappa shape index (κ3) is 9.65. The molecule has 4 heterocycles. The van der Waals surface area contributed by atoms with Crippen LogP contribution in [0.3, 0.4) is 0 Å². The van der Waals surface area contributed by atoms with E-state index in [-0.39, 0.29) is 18.6 Å². The minimum absolute atomic E-state index is 0.000829. The zero-order chi connectivity index (χ0) is 35.1. The number of hydroxylamine groups is 1. The second-order valence-electron chi connectivity index (χ2n) is 13.4. The number of benzene rings is 1. The van der Waals surface area contributed by atoms with E-state index in [1.165, 1.54) is 11.3 Å².